The zero-order valence-corrected chi connectivity index (χ0v) is 6.98. The summed E-state index contributed by atoms with van der Waals surface area (Å²) in [6, 6.07) is 5.98. The van der Waals surface area contributed by atoms with Gasteiger partial charge in [0.05, 0.1) is 0 Å². The molecule has 0 saturated heterocycles. The van der Waals surface area contributed by atoms with E-state index >= 15 is 0 Å². The zero-order chi connectivity index (χ0) is 9.84. The molecule has 0 spiro atoms. The second-order valence-electron chi connectivity index (χ2n) is 2.39. The van der Waals surface area contributed by atoms with E-state index in [0.29, 0.717) is 0 Å². The molecule has 1 N–H and O–H groups in total. The van der Waals surface area contributed by atoms with Crippen LogP contribution < -0.4 is 4.74 Å². The first-order valence-electron chi connectivity index (χ1n) is 3.62. The standard InChI is InChI=1S/C9H8O4/c1-6(10)13-8-5-3-2-4-7(8)9(11)12/h2-5H,1H3,(H,11,12)/i7+1. The summed E-state index contributed by atoms with van der Waals surface area (Å²) in [7, 11) is 0. The molecule has 0 unspecified atom stereocenters. The number of para-hydroxylation sites is 1. The Labute approximate surface area is 74.8 Å². The van der Waals surface area contributed by atoms with Crippen molar-refractivity contribution in [1.29, 1.82) is 0 Å². The molecule has 1 aromatic rings. The number of hydrogen-bond donors (Lipinski definition) is 1. The van der Waals surface area contributed by atoms with E-state index in [0.717, 1.165) is 0 Å². The monoisotopic (exact) mass is 181 g/mol. The predicted molar refractivity (Wildman–Crippen MR) is 44.7 cm³/mol. The Morgan fingerprint density at radius 2 is 1.92 bits per heavy atom. The minimum absolute atomic E-state index is 0.0160. The SMILES string of the molecule is CC(=O)Oc1cccc[13c]1C(=O)O. The molecule has 0 saturated carbocycles. The lowest BCUT2D eigenvalue weighted by molar-refractivity contribution is -0.131. The lowest BCUT2D eigenvalue weighted by Crippen LogP contribution is -2.06. The molecule has 0 atom stereocenters. The van der Waals surface area contributed by atoms with Crippen LogP contribution in [0.1, 0.15) is 17.3 Å². The van der Waals surface area contributed by atoms with Crippen molar-refractivity contribution in [2.75, 3.05) is 0 Å². The van der Waals surface area contributed by atoms with Gasteiger partial charge in [-0.05, 0) is 12.1 Å². The van der Waals surface area contributed by atoms with E-state index in [2.05, 4.69) is 4.74 Å². The second-order valence-corrected chi connectivity index (χ2v) is 2.39. The number of esters is 1. The van der Waals surface area contributed by atoms with Gasteiger partial charge in [-0.1, -0.05) is 12.1 Å². The van der Waals surface area contributed by atoms with Crippen molar-refractivity contribution in [3.63, 3.8) is 0 Å². The summed E-state index contributed by atoms with van der Waals surface area (Å²) in [5.41, 5.74) is -0.0160. The molecule has 0 bridgehead atoms. The predicted octanol–water partition coefficient (Wildman–Crippen LogP) is 1.31. The van der Waals surface area contributed by atoms with Crippen LogP contribution in [0, 0.1) is 0 Å². The summed E-state index contributed by atoms with van der Waals surface area (Å²) in [4.78, 5) is 21.2. The Morgan fingerprint density at radius 3 is 2.46 bits per heavy atom. The van der Waals surface area contributed by atoms with Gasteiger partial charge in [-0.15, -0.1) is 0 Å². The van der Waals surface area contributed by atoms with E-state index in [1.807, 2.05) is 0 Å². The molecule has 0 heterocycles. The molecule has 0 aromatic heterocycles. The number of carbonyl (C=O) groups is 2. The van der Waals surface area contributed by atoms with Crippen molar-refractivity contribution in [1.82, 2.24) is 0 Å². The van der Waals surface area contributed by atoms with Crippen LogP contribution in [-0.4, -0.2) is 17.0 Å². The van der Waals surface area contributed by atoms with E-state index in [9.17, 15) is 9.59 Å². The Bertz CT molecular complexity index is 343. The van der Waals surface area contributed by atoms with Crippen LogP contribution in [-0.2, 0) is 4.79 Å². The smallest absolute Gasteiger partial charge is 0.339 e. The summed E-state index contributed by atoms with van der Waals surface area (Å²) >= 11 is 0. The summed E-state index contributed by atoms with van der Waals surface area (Å²) < 4.78 is 4.69. The summed E-state index contributed by atoms with van der Waals surface area (Å²) in [5, 5.41) is 8.69. The van der Waals surface area contributed by atoms with Gasteiger partial charge in [-0.2, -0.15) is 0 Å². The average molecular weight is 181 g/mol. The van der Waals surface area contributed by atoms with Crippen molar-refractivity contribution in [2.45, 2.75) is 6.92 Å². The van der Waals surface area contributed by atoms with Gasteiger partial charge >= 0.3 is 11.9 Å². The lowest BCUT2D eigenvalue weighted by atomic mass is 10.4. The van der Waals surface area contributed by atoms with Crippen LogP contribution in [0.4, 0.5) is 0 Å². The molecule has 0 amide bonds. The largest absolute Gasteiger partial charge is 0.478 e. The van der Waals surface area contributed by atoms with Crippen LogP contribution in [0.3, 0.4) is 0 Å². The number of carboxylic acid groups (broad SMARTS) is 1. The van der Waals surface area contributed by atoms with Gasteiger partial charge < -0.3 is 9.84 Å². The van der Waals surface area contributed by atoms with Crippen LogP contribution in [0.2, 0.25) is 0 Å². The first kappa shape index (κ1) is 9.25. The number of ether oxygens (including phenoxy) is 1. The van der Waals surface area contributed by atoms with E-state index in [-0.39, 0.29) is 11.3 Å². The second kappa shape index (κ2) is 3.71. The molecule has 4 heteroatoms. The van der Waals surface area contributed by atoms with Gasteiger partial charge in [0.25, 0.3) is 0 Å². The Morgan fingerprint density at radius 1 is 1.31 bits per heavy atom. The van der Waals surface area contributed by atoms with Crippen LogP contribution in [0.5, 0.6) is 5.75 Å². The lowest BCUT2D eigenvalue weighted by Gasteiger charge is -2.03. The highest BCUT2D eigenvalue weighted by Gasteiger charge is 2.10. The normalized spacial score (nSPS) is 9.31. The maximum Gasteiger partial charge on any atom is 0.339 e. The Balaban J connectivity index is 3.04. The topological polar surface area (TPSA) is 63.6 Å². The molecule has 0 aliphatic heterocycles. The molecule has 4 nitrogen and oxygen atoms in total. The highest BCUT2D eigenvalue weighted by atomic mass is 16.5. The van der Waals surface area contributed by atoms with Crippen molar-refractivity contribution in [3.8, 4) is 5.75 Å². The minimum atomic E-state index is -1.11. The third kappa shape index (κ3) is 2.30. The highest BCUT2D eigenvalue weighted by Crippen LogP contribution is 2.17. The summed E-state index contributed by atoms with van der Waals surface area (Å²) in [5.74, 6) is -1.58. The summed E-state index contributed by atoms with van der Waals surface area (Å²) in [6.07, 6.45) is 0. The Hall–Kier alpha value is -1.84. The number of benzene rings is 1. The van der Waals surface area contributed by atoms with E-state index in [1.165, 1.54) is 19.1 Å². The third-order valence-electron chi connectivity index (χ3n) is 1.37. The van der Waals surface area contributed by atoms with Crippen molar-refractivity contribution in [2.24, 2.45) is 0 Å². The fourth-order valence-electron chi connectivity index (χ4n) is 0.887. The molecule has 0 aliphatic carbocycles. The molecule has 1 aromatic carbocycles. The fourth-order valence-corrected chi connectivity index (χ4v) is 0.887. The molecule has 0 radical (unpaired) electrons. The molecule has 0 fully saturated rings. The molecule has 1 rings (SSSR count). The zero-order valence-electron chi connectivity index (χ0n) is 6.98. The van der Waals surface area contributed by atoms with Gasteiger partial charge in [0.15, 0.2) is 0 Å². The van der Waals surface area contributed by atoms with Crippen LogP contribution in [0.25, 0.3) is 0 Å². The van der Waals surface area contributed by atoms with E-state index in [1.54, 1.807) is 12.1 Å². The van der Waals surface area contributed by atoms with Crippen molar-refractivity contribution >= 4 is 11.9 Å². The first-order valence-corrected chi connectivity index (χ1v) is 3.62. The summed E-state index contributed by atoms with van der Waals surface area (Å²) in [6.45, 7) is 1.22. The molecular formula is C9H8O4. The quantitative estimate of drug-likeness (QED) is 0.551. The first-order chi connectivity index (χ1) is 6.11. The highest BCUT2D eigenvalue weighted by molar-refractivity contribution is 5.91. The molecule has 0 aliphatic rings. The average Bonchev–Trinajstić information content (AvgIpc) is 2.03. The Kier molecular flexibility index (Phi) is 2.64. The van der Waals surface area contributed by atoms with Crippen molar-refractivity contribution in [3.05, 3.63) is 29.8 Å². The van der Waals surface area contributed by atoms with Gasteiger partial charge in [0.1, 0.15) is 11.3 Å². The van der Waals surface area contributed by atoms with Gasteiger partial charge in [-0.25, -0.2) is 4.79 Å². The maximum absolute atomic E-state index is 10.6. The number of rotatable bonds is 2. The number of hydrogen-bond acceptors (Lipinski definition) is 3. The van der Waals surface area contributed by atoms with E-state index in [4.69, 9.17) is 5.11 Å². The molecule has 13 heavy (non-hydrogen) atoms. The number of aromatic carboxylic acids is 1. The van der Waals surface area contributed by atoms with Gasteiger partial charge in [-0.3, -0.25) is 4.79 Å². The van der Waals surface area contributed by atoms with Crippen molar-refractivity contribution < 1.29 is 19.4 Å². The third-order valence-corrected chi connectivity index (χ3v) is 1.37. The number of carbonyl (C=O) groups excluding carboxylic acids is 1. The number of carboxylic acids is 1. The minimum Gasteiger partial charge on any atom is -0.478 e. The van der Waals surface area contributed by atoms with E-state index < -0.39 is 11.9 Å². The van der Waals surface area contributed by atoms with Gasteiger partial charge in [0, 0.05) is 6.92 Å². The van der Waals surface area contributed by atoms with Crippen LogP contribution in [0.15, 0.2) is 24.3 Å². The maximum atomic E-state index is 10.6. The van der Waals surface area contributed by atoms with Gasteiger partial charge in [0.2, 0.25) is 0 Å². The van der Waals surface area contributed by atoms with Crippen LogP contribution >= 0.6 is 0 Å². The fraction of sp³-hybridized carbons (Fsp3) is 0.111. The molecule has 68 valence electrons. The molecular weight excluding hydrogens is 173 g/mol.